The second kappa shape index (κ2) is 47.1. The maximum Gasteiger partial charge on any atom is 0.220 e. The first-order valence-corrected chi connectivity index (χ1v) is 28.2. The SMILES string of the molecule is CCCCCCCCCCC/C=C\CCCCCCCCCC(=O)NC(COC1OC(CO)C(O)C(O)C1O)C(O)/C=C/CC/C=C/CCCCCCCCCCCCCCCCCCC. The number of nitrogens with one attached hydrogen (secondary N) is 1. The fourth-order valence-electron chi connectivity index (χ4n) is 8.93. The van der Waals surface area contributed by atoms with Crippen molar-refractivity contribution in [2.75, 3.05) is 13.2 Å². The topological polar surface area (TPSA) is 149 Å². The van der Waals surface area contributed by atoms with Crippen LogP contribution in [0.2, 0.25) is 0 Å². The molecule has 66 heavy (non-hydrogen) atoms. The Morgan fingerprint density at radius 1 is 0.500 bits per heavy atom. The van der Waals surface area contributed by atoms with Crippen molar-refractivity contribution in [3.05, 3.63) is 36.5 Å². The number of allylic oxidation sites excluding steroid dienone is 5. The lowest BCUT2D eigenvalue weighted by Crippen LogP contribution is -2.60. The molecule has 7 atom stereocenters. The van der Waals surface area contributed by atoms with Crippen LogP contribution in [-0.2, 0) is 14.3 Å². The molecule has 0 aromatic rings. The van der Waals surface area contributed by atoms with E-state index in [1.807, 2.05) is 6.08 Å². The van der Waals surface area contributed by atoms with Crippen molar-refractivity contribution in [2.45, 2.75) is 307 Å². The number of amides is 1. The lowest BCUT2D eigenvalue weighted by atomic mass is 9.99. The smallest absolute Gasteiger partial charge is 0.220 e. The van der Waals surface area contributed by atoms with Crippen LogP contribution in [0, 0.1) is 0 Å². The van der Waals surface area contributed by atoms with Gasteiger partial charge >= 0.3 is 0 Å². The maximum absolute atomic E-state index is 13.0. The van der Waals surface area contributed by atoms with E-state index in [9.17, 15) is 30.3 Å². The average molecular weight is 934 g/mol. The van der Waals surface area contributed by atoms with Gasteiger partial charge in [0.05, 0.1) is 25.4 Å². The molecule has 0 saturated carbocycles. The van der Waals surface area contributed by atoms with E-state index in [0.29, 0.717) is 6.42 Å². The molecule has 0 radical (unpaired) electrons. The Bertz CT molecular complexity index is 1130. The number of hydrogen-bond acceptors (Lipinski definition) is 8. The zero-order chi connectivity index (χ0) is 48.0. The quantitative estimate of drug-likeness (QED) is 0.0261. The average Bonchev–Trinajstić information content (AvgIpc) is 3.32. The Hall–Kier alpha value is -1.59. The molecule has 1 saturated heterocycles. The third-order valence-corrected chi connectivity index (χ3v) is 13.4. The van der Waals surface area contributed by atoms with Crippen LogP contribution in [0.4, 0.5) is 0 Å². The zero-order valence-corrected chi connectivity index (χ0v) is 43.0. The van der Waals surface area contributed by atoms with Crippen molar-refractivity contribution in [1.29, 1.82) is 0 Å². The minimum absolute atomic E-state index is 0.189. The summed E-state index contributed by atoms with van der Waals surface area (Å²) in [5.74, 6) is -0.189. The van der Waals surface area contributed by atoms with Gasteiger partial charge in [-0.25, -0.2) is 0 Å². The molecule has 388 valence electrons. The molecule has 6 N–H and O–H groups in total. The molecule has 0 aromatic heterocycles. The van der Waals surface area contributed by atoms with Crippen LogP contribution < -0.4 is 5.32 Å². The number of carbonyl (C=O) groups excluding carboxylic acids is 1. The van der Waals surface area contributed by atoms with Crippen LogP contribution in [0.5, 0.6) is 0 Å². The van der Waals surface area contributed by atoms with Crippen LogP contribution in [-0.4, -0.2) is 87.5 Å². The molecule has 7 unspecified atom stereocenters. The molecule has 1 aliphatic heterocycles. The highest BCUT2D eigenvalue weighted by Crippen LogP contribution is 2.23. The Balaban J connectivity index is 2.27. The molecule has 0 bridgehead atoms. The van der Waals surface area contributed by atoms with E-state index >= 15 is 0 Å². The highest BCUT2D eigenvalue weighted by Gasteiger charge is 2.44. The highest BCUT2D eigenvalue weighted by atomic mass is 16.7. The molecule has 1 amide bonds. The first-order chi connectivity index (χ1) is 32.3. The van der Waals surface area contributed by atoms with E-state index in [-0.39, 0.29) is 12.5 Å². The number of unbranched alkanes of at least 4 members (excludes halogenated alkanes) is 34. The fourth-order valence-corrected chi connectivity index (χ4v) is 8.93. The molecule has 1 rings (SSSR count). The van der Waals surface area contributed by atoms with E-state index in [0.717, 1.165) is 51.4 Å². The largest absolute Gasteiger partial charge is 0.394 e. The van der Waals surface area contributed by atoms with Crippen LogP contribution in [0.1, 0.15) is 264 Å². The lowest BCUT2D eigenvalue weighted by molar-refractivity contribution is -0.302. The predicted octanol–water partition coefficient (Wildman–Crippen LogP) is 13.6. The maximum atomic E-state index is 13.0. The molecule has 1 fully saturated rings. The minimum Gasteiger partial charge on any atom is -0.394 e. The third-order valence-electron chi connectivity index (χ3n) is 13.4. The predicted molar refractivity (Wildman–Crippen MR) is 276 cm³/mol. The molecular weight excluding hydrogens is 827 g/mol. The zero-order valence-electron chi connectivity index (χ0n) is 43.0. The van der Waals surface area contributed by atoms with Gasteiger partial charge in [-0.3, -0.25) is 4.79 Å². The first kappa shape index (κ1) is 62.4. The molecule has 9 heteroatoms. The van der Waals surface area contributed by atoms with Crippen LogP contribution in [0.3, 0.4) is 0 Å². The van der Waals surface area contributed by atoms with Crippen molar-refractivity contribution >= 4 is 5.91 Å². The monoisotopic (exact) mass is 934 g/mol. The molecule has 0 aliphatic carbocycles. The summed E-state index contributed by atoms with van der Waals surface area (Å²) in [4.78, 5) is 13.0. The fraction of sp³-hybridized carbons (Fsp3) is 0.877. The number of carbonyl (C=O) groups is 1. The lowest BCUT2D eigenvalue weighted by Gasteiger charge is -2.40. The number of aliphatic hydroxyl groups excluding tert-OH is 5. The van der Waals surface area contributed by atoms with Crippen LogP contribution >= 0.6 is 0 Å². The van der Waals surface area contributed by atoms with Gasteiger partial charge in [-0.2, -0.15) is 0 Å². The Morgan fingerprint density at radius 2 is 0.864 bits per heavy atom. The van der Waals surface area contributed by atoms with Crippen molar-refractivity contribution in [2.24, 2.45) is 0 Å². The van der Waals surface area contributed by atoms with Gasteiger partial charge in [0, 0.05) is 6.42 Å². The van der Waals surface area contributed by atoms with Gasteiger partial charge < -0.3 is 40.3 Å². The van der Waals surface area contributed by atoms with E-state index in [1.165, 1.54) is 193 Å². The van der Waals surface area contributed by atoms with Crippen LogP contribution in [0.25, 0.3) is 0 Å². The second-order valence-corrected chi connectivity index (χ2v) is 19.7. The standard InChI is InChI=1S/C57H107NO8/c1-3-5-7-9-11-13-15-17-19-21-23-25-26-27-28-30-32-34-36-38-40-42-44-46-51(60)50(49-65-57-56(64)55(63)54(62)52(48-59)66-57)58-53(61)47-45-43-41-39-37-35-33-31-29-24-22-20-18-16-14-12-10-8-6-4-2/h24,29,36,38,44,46,50-52,54-57,59-60,62-64H,3-23,25-28,30-35,37,39-43,45,47-49H2,1-2H3,(H,58,61)/b29-24-,38-36+,46-44+. The second-order valence-electron chi connectivity index (χ2n) is 19.7. The van der Waals surface area contributed by atoms with Crippen molar-refractivity contribution in [3.63, 3.8) is 0 Å². The summed E-state index contributed by atoms with van der Waals surface area (Å²) in [7, 11) is 0. The Morgan fingerprint density at radius 3 is 1.27 bits per heavy atom. The van der Waals surface area contributed by atoms with Gasteiger partial charge in [-0.1, -0.05) is 237 Å². The molecule has 1 heterocycles. The molecule has 9 nitrogen and oxygen atoms in total. The Labute approximate surface area is 406 Å². The van der Waals surface area contributed by atoms with Crippen LogP contribution in [0.15, 0.2) is 36.5 Å². The number of rotatable bonds is 48. The normalized spacial score (nSPS) is 20.0. The van der Waals surface area contributed by atoms with Gasteiger partial charge in [-0.15, -0.1) is 0 Å². The van der Waals surface area contributed by atoms with Crippen molar-refractivity contribution in [1.82, 2.24) is 5.32 Å². The van der Waals surface area contributed by atoms with E-state index in [1.54, 1.807) is 6.08 Å². The van der Waals surface area contributed by atoms with Gasteiger partial charge in [0.15, 0.2) is 6.29 Å². The van der Waals surface area contributed by atoms with Crippen molar-refractivity contribution < 1.29 is 39.8 Å². The first-order valence-electron chi connectivity index (χ1n) is 28.2. The van der Waals surface area contributed by atoms with E-state index < -0.39 is 49.5 Å². The molecule has 0 spiro atoms. The summed E-state index contributed by atoms with van der Waals surface area (Å²) in [5.41, 5.74) is 0. The summed E-state index contributed by atoms with van der Waals surface area (Å²) in [6.07, 6.45) is 53.5. The number of ether oxygens (including phenoxy) is 2. The molecule has 0 aromatic carbocycles. The van der Waals surface area contributed by atoms with E-state index in [4.69, 9.17) is 9.47 Å². The highest BCUT2D eigenvalue weighted by molar-refractivity contribution is 5.76. The molecular formula is C57H107NO8. The van der Waals surface area contributed by atoms with Crippen molar-refractivity contribution in [3.8, 4) is 0 Å². The summed E-state index contributed by atoms with van der Waals surface area (Å²) in [6.45, 7) is 3.79. The van der Waals surface area contributed by atoms with Gasteiger partial charge in [0.1, 0.15) is 24.4 Å². The van der Waals surface area contributed by atoms with Gasteiger partial charge in [0.2, 0.25) is 5.91 Å². The summed E-state index contributed by atoms with van der Waals surface area (Å²) in [5, 5.41) is 54.4. The summed E-state index contributed by atoms with van der Waals surface area (Å²) in [6, 6.07) is -0.824. The number of aliphatic hydroxyl groups is 5. The Kier molecular flexibility index (Phi) is 44.6. The van der Waals surface area contributed by atoms with Gasteiger partial charge in [-0.05, 0) is 57.8 Å². The number of hydrogen-bond donors (Lipinski definition) is 6. The minimum atomic E-state index is -1.57. The summed E-state index contributed by atoms with van der Waals surface area (Å²) < 4.78 is 11.3. The van der Waals surface area contributed by atoms with Gasteiger partial charge in [0.25, 0.3) is 0 Å². The summed E-state index contributed by atoms with van der Waals surface area (Å²) >= 11 is 0. The molecule has 1 aliphatic rings. The third kappa shape index (κ3) is 36.4. The van der Waals surface area contributed by atoms with E-state index in [2.05, 4.69) is 43.5 Å².